The second-order valence-corrected chi connectivity index (χ2v) is 6.47. The van der Waals surface area contributed by atoms with Crippen molar-refractivity contribution in [2.75, 3.05) is 11.4 Å². The fourth-order valence-electron chi connectivity index (χ4n) is 3.26. The molecule has 0 atom stereocenters. The molecule has 6 heteroatoms. The van der Waals surface area contributed by atoms with E-state index in [1.807, 2.05) is 0 Å². The van der Waals surface area contributed by atoms with Crippen molar-refractivity contribution in [2.45, 2.75) is 37.6 Å². The van der Waals surface area contributed by atoms with Crippen LogP contribution in [0.2, 0.25) is 10.0 Å². The Morgan fingerprint density at radius 3 is 2.29 bits per heavy atom. The Morgan fingerprint density at radius 2 is 1.67 bits per heavy atom. The molecule has 0 aromatic heterocycles. The highest BCUT2D eigenvalue weighted by atomic mass is 35.5. The van der Waals surface area contributed by atoms with Crippen LogP contribution in [0.4, 0.5) is 5.69 Å². The third kappa shape index (κ3) is 2.51. The lowest BCUT2D eigenvalue weighted by Gasteiger charge is -2.44. The molecule has 1 aromatic carbocycles. The van der Waals surface area contributed by atoms with E-state index in [0.29, 0.717) is 28.6 Å². The standard InChI is InChI=1S/C15H16Cl2N2O2/c16-10-5-4-6-11(17)13(10)19-9-12(20)18-15(14(19)21)7-2-1-3-8-15/h4-6H,1-3,7-9H2,(H,18,20). The fourth-order valence-corrected chi connectivity index (χ4v) is 3.86. The Balaban J connectivity index is 2.02. The predicted molar refractivity (Wildman–Crippen MR) is 82.8 cm³/mol. The number of anilines is 1. The van der Waals surface area contributed by atoms with Gasteiger partial charge in [0.1, 0.15) is 12.1 Å². The topological polar surface area (TPSA) is 49.4 Å². The van der Waals surface area contributed by atoms with Gasteiger partial charge in [-0.05, 0) is 25.0 Å². The van der Waals surface area contributed by atoms with Gasteiger partial charge in [-0.15, -0.1) is 0 Å². The quantitative estimate of drug-likeness (QED) is 0.861. The van der Waals surface area contributed by atoms with Gasteiger partial charge in [-0.3, -0.25) is 14.5 Å². The number of benzene rings is 1. The molecule has 2 aliphatic rings. The van der Waals surface area contributed by atoms with Crippen molar-refractivity contribution in [1.29, 1.82) is 0 Å². The number of hydrogen-bond acceptors (Lipinski definition) is 2. The summed E-state index contributed by atoms with van der Waals surface area (Å²) in [6, 6.07) is 5.07. The number of carbonyl (C=O) groups is 2. The van der Waals surface area contributed by atoms with Crippen LogP contribution in [0.25, 0.3) is 0 Å². The maximum atomic E-state index is 12.9. The summed E-state index contributed by atoms with van der Waals surface area (Å²) < 4.78 is 0. The normalized spacial score (nSPS) is 21.5. The highest BCUT2D eigenvalue weighted by molar-refractivity contribution is 6.40. The number of piperazine rings is 1. The number of nitrogens with one attached hydrogen (secondary N) is 1. The van der Waals surface area contributed by atoms with Crippen LogP contribution in [-0.4, -0.2) is 23.9 Å². The minimum Gasteiger partial charge on any atom is -0.340 e. The van der Waals surface area contributed by atoms with E-state index in [1.54, 1.807) is 18.2 Å². The molecule has 0 bridgehead atoms. The smallest absolute Gasteiger partial charge is 0.253 e. The fraction of sp³-hybridized carbons (Fsp3) is 0.467. The van der Waals surface area contributed by atoms with Crippen molar-refractivity contribution in [3.8, 4) is 0 Å². The van der Waals surface area contributed by atoms with Crippen LogP contribution >= 0.6 is 23.2 Å². The van der Waals surface area contributed by atoms with E-state index in [0.717, 1.165) is 19.3 Å². The molecule has 0 radical (unpaired) electrons. The number of nitrogens with zero attached hydrogens (tertiary/aromatic N) is 1. The van der Waals surface area contributed by atoms with Gasteiger partial charge in [-0.25, -0.2) is 0 Å². The molecule has 1 spiro atoms. The van der Waals surface area contributed by atoms with Crippen LogP contribution < -0.4 is 10.2 Å². The van der Waals surface area contributed by atoms with Crippen LogP contribution in [0.1, 0.15) is 32.1 Å². The molecule has 0 unspecified atom stereocenters. The molecule has 2 amide bonds. The molecule has 112 valence electrons. The lowest BCUT2D eigenvalue weighted by molar-refractivity contribution is -0.137. The van der Waals surface area contributed by atoms with E-state index in [4.69, 9.17) is 23.2 Å². The Hall–Kier alpha value is -1.26. The van der Waals surface area contributed by atoms with Crippen molar-refractivity contribution in [2.24, 2.45) is 0 Å². The zero-order valence-electron chi connectivity index (χ0n) is 11.5. The first-order chi connectivity index (χ1) is 10.0. The maximum absolute atomic E-state index is 12.9. The van der Waals surface area contributed by atoms with Crippen LogP contribution in [0, 0.1) is 0 Å². The summed E-state index contributed by atoms with van der Waals surface area (Å²) in [4.78, 5) is 26.5. The summed E-state index contributed by atoms with van der Waals surface area (Å²) in [6.07, 6.45) is 4.33. The van der Waals surface area contributed by atoms with Crippen molar-refractivity contribution >= 4 is 40.7 Å². The van der Waals surface area contributed by atoms with Crippen molar-refractivity contribution in [1.82, 2.24) is 5.32 Å². The minimum absolute atomic E-state index is 0.0377. The summed E-state index contributed by atoms with van der Waals surface area (Å²) in [7, 11) is 0. The Labute approximate surface area is 133 Å². The zero-order valence-corrected chi connectivity index (χ0v) is 13.0. The molecular formula is C15H16Cl2N2O2. The predicted octanol–water partition coefficient (Wildman–Crippen LogP) is 3.16. The van der Waals surface area contributed by atoms with Gasteiger partial charge >= 0.3 is 0 Å². The van der Waals surface area contributed by atoms with E-state index in [1.165, 1.54) is 4.90 Å². The van der Waals surface area contributed by atoms with Gasteiger partial charge in [0, 0.05) is 0 Å². The van der Waals surface area contributed by atoms with Gasteiger partial charge in [-0.2, -0.15) is 0 Å². The number of rotatable bonds is 1. The average molecular weight is 327 g/mol. The Morgan fingerprint density at radius 1 is 1.05 bits per heavy atom. The molecule has 1 N–H and O–H groups in total. The third-order valence-corrected chi connectivity index (χ3v) is 4.86. The second kappa shape index (κ2) is 5.50. The van der Waals surface area contributed by atoms with Gasteiger partial charge < -0.3 is 5.32 Å². The molecule has 1 aromatic rings. The molecule has 1 saturated heterocycles. The molecule has 1 aliphatic carbocycles. The minimum atomic E-state index is -0.782. The van der Waals surface area contributed by atoms with Crippen molar-refractivity contribution in [3.63, 3.8) is 0 Å². The number of halogens is 2. The van der Waals surface area contributed by atoms with E-state index in [2.05, 4.69) is 5.32 Å². The average Bonchev–Trinajstić information content (AvgIpc) is 2.45. The molecular weight excluding hydrogens is 311 g/mol. The summed E-state index contributed by atoms with van der Waals surface area (Å²) in [6.45, 7) is -0.0377. The van der Waals surface area contributed by atoms with Gasteiger partial charge in [0.2, 0.25) is 5.91 Å². The van der Waals surface area contributed by atoms with Gasteiger partial charge in [0.25, 0.3) is 5.91 Å². The maximum Gasteiger partial charge on any atom is 0.253 e. The largest absolute Gasteiger partial charge is 0.340 e. The van der Waals surface area contributed by atoms with E-state index >= 15 is 0 Å². The molecule has 2 fully saturated rings. The number of carbonyl (C=O) groups excluding carboxylic acids is 2. The monoisotopic (exact) mass is 326 g/mol. The summed E-state index contributed by atoms with van der Waals surface area (Å²) in [5, 5.41) is 3.68. The van der Waals surface area contributed by atoms with Crippen molar-refractivity contribution in [3.05, 3.63) is 28.2 Å². The lowest BCUT2D eigenvalue weighted by Crippen LogP contribution is -2.67. The van der Waals surface area contributed by atoms with E-state index in [-0.39, 0.29) is 18.4 Å². The molecule has 4 nitrogen and oxygen atoms in total. The highest BCUT2D eigenvalue weighted by Gasteiger charge is 2.48. The van der Waals surface area contributed by atoms with Crippen LogP contribution in [0.5, 0.6) is 0 Å². The first kappa shape index (κ1) is 14.7. The van der Waals surface area contributed by atoms with E-state index < -0.39 is 5.54 Å². The number of para-hydroxylation sites is 1. The molecule has 1 heterocycles. The summed E-state index contributed by atoms with van der Waals surface area (Å²) >= 11 is 12.4. The Kier molecular flexibility index (Phi) is 3.84. The number of amides is 2. The van der Waals surface area contributed by atoms with Gasteiger partial charge in [0.15, 0.2) is 0 Å². The number of hydrogen-bond donors (Lipinski definition) is 1. The molecule has 1 aliphatic heterocycles. The first-order valence-corrected chi connectivity index (χ1v) is 7.86. The molecule has 21 heavy (non-hydrogen) atoms. The summed E-state index contributed by atoms with van der Waals surface area (Å²) in [5.41, 5.74) is -0.346. The van der Waals surface area contributed by atoms with Crippen LogP contribution in [-0.2, 0) is 9.59 Å². The van der Waals surface area contributed by atoms with Crippen molar-refractivity contribution < 1.29 is 9.59 Å². The first-order valence-electron chi connectivity index (χ1n) is 7.10. The SMILES string of the molecule is O=C1CN(c2c(Cl)cccc2Cl)C(=O)C2(CCCCC2)N1. The Bertz CT molecular complexity index is 577. The summed E-state index contributed by atoms with van der Waals surface area (Å²) in [5.74, 6) is -0.260. The zero-order chi connectivity index (χ0) is 15.0. The van der Waals surface area contributed by atoms with Gasteiger partial charge in [0.05, 0.1) is 15.7 Å². The second-order valence-electron chi connectivity index (χ2n) is 5.65. The van der Waals surface area contributed by atoms with E-state index in [9.17, 15) is 9.59 Å². The molecule has 3 rings (SSSR count). The van der Waals surface area contributed by atoms with Gasteiger partial charge in [-0.1, -0.05) is 48.5 Å². The van der Waals surface area contributed by atoms with Crippen LogP contribution in [0.3, 0.4) is 0 Å². The highest BCUT2D eigenvalue weighted by Crippen LogP contribution is 2.39. The molecule has 1 saturated carbocycles. The third-order valence-electron chi connectivity index (χ3n) is 4.25. The van der Waals surface area contributed by atoms with Crippen LogP contribution in [0.15, 0.2) is 18.2 Å². The lowest BCUT2D eigenvalue weighted by atomic mass is 9.79.